The van der Waals surface area contributed by atoms with Gasteiger partial charge in [0.2, 0.25) is 5.91 Å². The average Bonchev–Trinajstić information content (AvgIpc) is 3.47. The van der Waals surface area contributed by atoms with E-state index in [9.17, 15) is 14.7 Å². The van der Waals surface area contributed by atoms with Crippen molar-refractivity contribution in [2.24, 2.45) is 28.6 Å². The Labute approximate surface area is 171 Å². The molecule has 3 unspecified atom stereocenters. The van der Waals surface area contributed by atoms with Gasteiger partial charge >= 0.3 is 5.97 Å². The van der Waals surface area contributed by atoms with E-state index >= 15 is 0 Å². The molecule has 5 aliphatic carbocycles. The van der Waals surface area contributed by atoms with Crippen molar-refractivity contribution in [2.45, 2.75) is 76.3 Å². The molecule has 5 heteroatoms. The maximum absolute atomic E-state index is 13.4. The van der Waals surface area contributed by atoms with Gasteiger partial charge in [-0.1, -0.05) is 6.07 Å². The number of pyridine rings is 1. The highest BCUT2D eigenvalue weighted by Crippen LogP contribution is 2.66. The molecule has 1 amide bonds. The second kappa shape index (κ2) is 5.41. The van der Waals surface area contributed by atoms with Crippen LogP contribution in [0.5, 0.6) is 0 Å². The van der Waals surface area contributed by atoms with Crippen LogP contribution < -0.4 is 0 Å². The van der Waals surface area contributed by atoms with Crippen molar-refractivity contribution in [1.82, 2.24) is 9.88 Å². The van der Waals surface area contributed by atoms with Crippen LogP contribution in [0.15, 0.2) is 24.4 Å². The third kappa shape index (κ3) is 2.14. The Hall–Kier alpha value is -1.91. The molecule has 6 fully saturated rings. The Morgan fingerprint density at radius 2 is 1.83 bits per heavy atom. The summed E-state index contributed by atoms with van der Waals surface area (Å²) in [6, 6.07) is 6.55. The van der Waals surface area contributed by atoms with Crippen molar-refractivity contribution in [3.63, 3.8) is 0 Å². The summed E-state index contributed by atoms with van der Waals surface area (Å²) in [6.45, 7) is 4.21. The molecule has 5 nitrogen and oxygen atoms in total. The Bertz CT molecular complexity index is 875. The van der Waals surface area contributed by atoms with E-state index in [-0.39, 0.29) is 28.8 Å². The topological polar surface area (TPSA) is 70.5 Å². The quantitative estimate of drug-likeness (QED) is 0.792. The third-order valence-electron chi connectivity index (χ3n) is 9.23. The number of carboxylic acid groups (broad SMARTS) is 1. The number of rotatable bonds is 4. The molecule has 1 aliphatic heterocycles. The number of nitrogens with zero attached hydrogens (tertiary/aromatic N) is 2. The normalized spacial score (nSPS) is 43.2. The lowest BCUT2D eigenvalue weighted by atomic mass is 9.46. The van der Waals surface area contributed by atoms with Gasteiger partial charge in [0.05, 0.1) is 16.9 Å². The van der Waals surface area contributed by atoms with E-state index in [1.54, 1.807) is 0 Å². The number of β-lactam (4-membered cyclic amide) rings is 1. The van der Waals surface area contributed by atoms with Crippen LogP contribution in [0.2, 0.25) is 0 Å². The van der Waals surface area contributed by atoms with Crippen LogP contribution >= 0.6 is 0 Å². The zero-order valence-electron chi connectivity index (χ0n) is 17.3. The van der Waals surface area contributed by atoms with Gasteiger partial charge < -0.3 is 10.0 Å². The highest BCUT2D eigenvalue weighted by Gasteiger charge is 2.72. The molecule has 0 aromatic carbocycles. The Morgan fingerprint density at radius 1 is 1.14 bits per heavy atom. The molecule has 1 aromatic heterocycles. The Kier molecular flexibility index (Phi) is 3.34. The number of carboxylic acids is 1. The van der Waals surface area contributed by atoms with Crippen LogP contribution in [0.1, 0.15) is 64.5 Å². The third-order valence-corrected chi connectivity index (χ3v) is 9.23. The standard InChI is InChI=1S/C24H30N2O3/c1-22(2)19(24(6-7-24)17-5-3-4-8-25-17)26(20(22)27)18-15-9-14-10-16(18)13-23(11-14,12-15)21(28)29/h3-5,8,14-16,18-19H,6-7,9-13H2,1-2H3,(H,28,29)/t14?,15?,16?,18-,19?,23-. The molecule has 1 aromatic rings. The molecule has 1 N–H and O–H groups in total. The molecule has 6 aliphatic rings. The van der Waals surface area contributed by atoms with Crippen molar-refractivity contribution in [3.05, 3.63) is 30.1 Å². The smallest absolute Gasteiger partial charge is 0.309 e. The highest BCUT2D eigenvalue weighted by molar-refractivity contribution is 5.91. The second-order valence-corrected chi connectivity index (χ2v) is 11.3. The number of carbonyl (C=O) groups is 2. The fourth-order valence-corrected chi connectivity index (χ4v) is 8.29. The lowest BCUT2D eigenvalue weighted by Crippen LogP contribution is -2.77. The van der Waals surface area contributed by atoms with E-state index < -0.39 is 11.4 Å². The first-order valence-corrected chi connectivity index (χ1v) is 11.3. The van der Waals surface area contributed by atoms with E-state index in [0.29, 0.717) is 17.8 Å². The summed E-state index contributed by atoms with van der Waals surface area (Å²) in [6.07, 6.45) is 8.61. The second-order valence-electron chi connectivity index (χ2n) is 11.3. The van der Waals surface area contributed by atoms with Gasteiger partial charge in [0.25, 0.3) is 0 Å². The lowest BCUT2D eigenvalue weighted by molar-refractivity contribution is -0.205. The first-order valence-electron chi connectivity index (χ1n) is 11.3. The van der Waals surface area contributed by atoms with Crippen molar-refractivity contribution < 1.29 is 14.7 Å². The fourth-order valence-electron chi connectivity index (χ4n) is 8.29. The first kappa shape index (κ1) is 17.9. The molecular formula is C24H30N2O3. The molecule has 29 heavy (non-hydrogen) atoms. The van der Waals surface area contributed by atoms with Crippen molar-refractivity contribution in [2.75, 3.05) is 0 Å². The van der Waals surface area contributed by atoms with Crippen LogP contribution in [0, 0.1) is 28.6 Å². The zero-order chi connectivity index (χ0) is 20.2. The molecule has 154 valence electrons. The predicted molar refractivity (Wildman–Crippen MR) is 107 cm³/mol. The molecule has 0 spiro atoms. The summed E-state index contributed by atoms with van der Waals surface area (Å²) < 4.78 is 0. The van der Waals surface area contributed by atoms with E-state index in [1.807, 2.05) is 12.3 Å². The van der Waals surface area contributed by atoms with Gasteiger partial charge in [0, 0.05) is 23.3 Å². The summed E-state index contributed by atoms with van der Waals surface area (Å²) >= 11 is 0. The van der Waals surface area contributed by atoms with E-state index in [1.165, 1.54) is 0 Å². The summed E-state index contributed by atoms with van der Waals surface area (Å²) in [5.41, 5.74) is 0.219. The number of amides is 1. The minimum atomic E-state index is -0.602. The monoisotopic (exact) mass is 394 g/mol. The summed E-state index contributed by atoms with van der Waals surface area (Å²) in [5.74, 6) is 0.896. The van der Waals surface area contributed by atoms with Gasteiger partial charge in [-0.25, -0.2) is 0 Å². The molecule has 7 rings (SSSR count). The minimum absolute atomic E-state index is 0.0161. The van der Waals surface area contributed by atoms with Crippen LogP contribution in [0.4, 0.5) is 0 Å². The summed E-state index contributed by atoms with van der Waals surface area (Å²) in [5, 5.41) is 9.96. The number of likely N-dealkylation sites (tertiary alicyclic amines) is 1. The highest BCUT2D eigenvalue weighted by atomic mass is 16.4. The molecule has 3 atom stereocenters. The van der Waals surface area contributed by atoms with Crippen molar-refractivity contribution in [1.29, 1.82) is 0 Å². The molecule has 5 saturated carbocycles. The van der Waals surface area contributed by atoms with E-state index in [4.69, 9.17) is 4.98 Å². The minimum Gasteiger partial charge on any atom is -0.481 e. The van der Waals surface area contributed by atoms with Gasteiger partial charge in [-0.05, 0) is 88.7 Å². The molecule has 0 radical (unpaired) electrons. The molecule has 1 saturated heterocycles. The van der Waals surface area contributed by atoms with Gasteiger partial charge in [-0.3, -0.25) is 14.6 Å². The molecule has 4 bridgehead atoms. The predicted octanol–water partition coefficient (Wildman–Crippen LogP) is 3.63. The van der Waals surface area contributed by atoms with E-state index in [2.05, 4.69) is 30.9 Å². The van der Waals surface area contributed by atoms with E-state index in [0.717, 1.165) is 50.6 Å². The number of hydrogen-bond donors (Lipinski definition) is 1. The number of aliphatic carboxylic acids is 1. The van der Waals surface area contributed by atoms with Gasteiger partial charge in [0.1, 0.15) is 0 Å². The van der Waals surface area contributed by atoms with Crippen LogP contribution in [-0.4, -0.2) is 39.0 Å². The number of hydrogen-bond acceptors (Lipinski definition) is 3. The number of carbonyl (C=O) groups excluding carboxylic acids is 1. The SMILES string of the molecule is CC1(C)C(=O)N([C@H]2C3CC4CC2C[C@](C(=O)O)(C4)C3)C1C1(c2ccccn2)CC1. The maximum atomic E-state index is 13.4. The van der Waals surface area contributed by atoms with Gasteiger partial charge in [-0.15, -0.1) is 0 Å². The number of aromatic nitrogens is 1. The van der Waals surface area contributed by atoms with Crippen molar-refractivity contribution in [3.8, 4) is 0 Å². The zero-order valence-corrected chi connectivity index (χ0v) is 17.3. The summed E-state index contributed by atoms with van der Waals surface area (Å²) in [4.78, 5) is 32.5. The van der Waals surface area contributed by atoms with Crippen LogP contribution in [-0.2, 0) is 15.0 Å². The van der Waals surface area contributed by atoms with Crippen LogP contribution in [0.3, 0.4) is 0 Å². The first-order chi connectivity index (χ1) is 13.8. The van der Waals surface area contributed by atoms with Gasteiger partial charge in [0.15, 0.2) is 0 Å². The Morgan fingerprint density at radius 3 is 2.38 bits per heavy atom. The molecular weight excluding hydrogens is 364 g/mol. The van der Waals surface area contributed by atoms with Crippen LogP contribution in [0.25, 0.3) is 0 Å². The largest absolute Gasteiger partial charge is 0.481 e. The molecule has 2 heterocycles. The Balaban J connectivity index is 1.37. The maximum Gasteiger partial charge on any atom is 0.309 e. The fraction of sp³-hybridized carbons (Fsp3) is 0.708. The van der Waals surface area contributed by atoms with Gasteiger partial charge in [-0.2, -0.15) is 0 Å². The summed E-state index contributed by atoms with van der Waals surface area (Å²) in [7, 11) is 0. The lowest BCUT2D eigenvalue weighted by Gasteiger charge is -2.67. The van der Waals surface area contributed by atoms with Crippen molar-refractivity contribution >= 4 is 11.9 Å². The average molecular weight is 395 g/mol.